The predicted octanol–water partition coefficient (Wildman–Crippen LogP) is 1.16. The number of nitrogens with two attached hydrogens (primary N) is 1. The highest BCUT2D eigenvalue weighted by atomic mass is 35.5. The second-order valence-corrected chi connectivity index (χ2v) is 5.20. The Morgan fingerprint density at radius 2 is 2.05 bits per heavy atom. The van der Waals surface area contributed by atoms with Crippen molar-refractivity contribution in [2.24, 2.45) is 5.73 Å². The molecule has 0 spiro atoms. The molecule has 0 aromatic heterocycles. The van der Waals surface area contributed by atoms with E-state index >= 15 is 0 Å². The van der Waals surface area contributed by atoms with E-state index in [4.69, 9.17) is 10.5 Å². The van der Waals surface area contributed by atoms with Gasteiger partial charge in [0.1, 0.15) is 5.75 Å². The number of methoxy groups -OCH3 is 1. The Morgan fingerprint density at radius 1 is 1.38 bits per heavy atom. The first kappa shape index (κ1) is 17.8. The lowest BCUT2D eigenvalue weighted by Gasteiger charge is -2.29. The minimum Gasteiger partial charge on any atom is -0.496 e. The summed E-state index contributed by atoms with van der Waals surface area (Å²) in [5.41, 5.74) is 6.84. The van der Waals surface area contributed by atoms with Crippen LogP contribution in [0.15, 0.2) is 24.3 Å². The van der Waals surface area contributed by atoms with Crippen LogP contribution < -0.4 is 15.8 Å². The van der Waals surface area contributed by atoms with Crippen molar-refractivity contribution in [3.05, 3.63) is 29.8 Å². The summed E-state index contributed by atoms with van der Waals surface area (Å²) in [6.45, 7) is 2.75. The van der Waals surface area contributed by atoms with E-state index in [1.54, 1.807) is 7.11 Å². The van der Waals surface area contributed by atoms with Crippen LogP contribution in [0.4, 0.5) is 0 Å². The molecule has 21 heavy (non-hydrogen) atoms. The molecule has 0 aliphatic carbocycles. The van der Waals surface area contributed by atoms with Gasteiger partial charge < -0.3 is 15.8 Å². The van der Waals surface area contributed by atoms with Crippen LogP contribution in [-0.2, 0) is 11.3 Å². The fraction of sp³-hybridized carbons (Fsp3) is 0.533. The van der Waals surface area contributed by atoms with E-state index in [-0.39, 0.29) is 18.3 Å². The SMILES string of the molecule is COc1ccccc1CNC(=O)CN1CCC(N)CC1.Cl. The Balaban J connectivity index is 0.00000220. The van der Waals surface area contributed by atoms with E-state index < -0.39 is 0 Å². The van der Waals surface area contributed by atoms with E-state index in [1.807, 2.05) is 24.3 Å². The molecular weight excluding hydrogens is 290 g/mol. The number of nitrogens with one attached hydrogen (secondary N) is 1. The van der Waals surface area contributed by atoms with Crippen molar-refractivity contribution >= 4 is 18.3 Å². The molecule has 0 unspecified atom stereocenters. The van der Waals surface area contributed by atoms with Crippen molar-refractivity contribution in [3.63, 3.8) is 0 Å². The van der Waals surface area contributed by atoms with Crippen molar-refractivity contribution < 1.29 is 9.53 Å². The summed E-state index contributed by atoms with van der Waals surface area (Å²) in [5.74, 6) is 0.850. The Morgan fingerprint density at radius 3 is 2.71 bits per heavy atom. The van der Waals surface area contributed by atoms with Crippen molar-refractivity contribution in [3.8, 4) is 5.75 Å². The molecule has 1 aromatic rings. The summed E-state index contributed by atoms with van der Waals surface area (Å²) in [7, 11) is 1.64. The molecule has 1 aromatic carbocycles. The first-order valence-electron chi connectivity index (χ1n) is 7.05. The highest BCUT2D eigenvalue weighted by Crippen LogP contribution is 2.16. The number of benzene rings is 1. The molecule has 0 radical (unpaired) electrons. The van der Waals surface area contributed by atoms with E-state index in [2.05, 4.69) is 10.2 Å². The van der Waals surface area contributed by atoms with Gasteiger partial charge in [0.2, 0.25) is 5.91 Å². The smallest absolute Gasteiger partial charge is 0.234 e. The van der Waals surface area contributed by atoms with Crippen molar-refractivity contribution in [1.82, 2.24) is 10.2 Å². The van der Waals surface area contributed by atoms with Gasteiger partial charge >= 0.3 is 0 Å². The van der Waals surface area contributed by atoms with Gasteiger partial charge in [0.05, 0.1) is 13.7 Å². The second kappa shape index (κ2) is 8.87. The largest absolute Gasteiger partial charge is 0.496 e. The fourth-order valence-corrected chi connectivity index (χ4v) is 2.41. The van der Waals surface area contributed by atoms with Gasteiger partial charge in [-0.25, -0.2) is 0 Å². The fourth-order valence-electron chi connectivity index (χ4n) is 2.41. The average Bonchev–Trinajstić information content (AvgIpc) is 2.48. The molecule has 0 bridgehead atoms. The van der Waals surface area contributed by atoms with Crippen LogP contribution in [-0.4, -0.2) is 43.6 Å². The molecule has 0 atom stereocenters. The molecule has 118 valence electrons. The predicted molar refractivity (Wildman–Crippen MR) is 85.7 cm³/mol. The highest BCUT2D eigenvalue weighted by molar-refractivity contribution is 5.85. The van der Waals surface area contributed by atoms with Gasteiger partial charge in [-0.15, -0.1) is 12.4 Å². The second-order valence-electron chi connectivity index (χ2n) is 5.20. The molecule has 1 amide bonds. The van der Waals surface area contributed by atoms with Crippen molar-refractivity contribution in [2.45, 2.75) is 25.4 Å². The topological polar surface area (TPSA) is 67.6 Å². The third-order valence-electron chi connectivity index (χ3n) is 3.67. The van der Waals surface area contributed by atoms with Crippen molar-refractivity contribution in [2.75, 3.05) is 26.7 Å². The summed E-state index contributed by atoms with van der Waals surface area (Å²) < 4.78 is 5.26. The summed E-state index contributed by atoms with van der Waals surface area (Å²) in [4.78, 5) is 14.1. The zero-order valence-corrected chi connectivity index (χ0v) is 13.2. The van der Waals surface area contributed by atoms with Crippen molar-refractivity contribution in [1.29, 1.82) is 0 Å². The lowest BCUT2D eigenvalue weighted by molar-refractivity contribution is -0.122. The Labute approximate surface area is 132 Å². The molecule has 1 saturated heterocycles. The molecule has 1 heterocycles. The van der Waals surface area contributed by atoms with Gasteiger partial charge in [0.15, 0.2) is 0 Å². The maximum absolute atomic E-state index is 11.9. The number of piperidine rings is 1. The molecule has 1 fully saturated rings. The quantitative estimate of drug-likeness (QED) is 0.856. The normalized spacial score (nSPS) is 16.1. The number of rotatable bonds is 5. The van der Waals surface area contributed by atoms with Crippen LogP contribution >= 0.6 is 12.4 Å². The minimum atomic E-state index is 0. The van der Waals surface area contributed by atoms with Gasteiger partial charge in [-0.3, -0.25) is 9.69 Å². The first-order chi connectivity index (χ1) is 9.69. The minimum absolute atomic E-state index is 0. The Bertz CT molecular complexity index is 448. The molecule has 0 saturated carbocycles. The average molecular weight is 314 g/mol. The number of halogens is 1. The van der Waals surface area contributed by atoms with E-state index in [9.17, 15) is 4.79 Å². The van der Waals surface area contributed by atoms with Gasteiger partial charge in [0, 0.05) is 31.2 Å². The lowest BCUT2D eigenvalue weighted by atomic mass is 10.1. The van der Waals surface area contributed by atoms with E-state index in [0.29, 0.717) is 19.1 Å². The number of hydrogen-bond acceptors (Lipinski definition) is 4. The molecule has 6 heteroatoms. The molecule has 5 nitrogen and oxygen atoms in total. The summed E-state index contributed by atoms with van der Waals surface area (Å²) in [5, 5.41) is 2.94. The van der Waals surface area contributed by atoms with E-state index in [1.165, 1.54) is 0 Å². The van der Waals surface area contributed by atoms with Crippen LogP contribution in [0.5, 0.6) is 5.75 Å². The Hall–Kier alpha value is -1.30. The Kier molecular flexibility index (Phi) is 7.50. The molecular formula is C15H24ClN3O2. The van der Waals surface area contributed by atoms with Gasteiger partial charge in [-0.1, -0.05) is 18.2 Å². The third-order valence-corrected chi connectivity index (χ3v) is 3.67. The van der Waals surface area contributed by atoms with Crippen LogP contribution in [0, 0.1) is 0 Å². The molecule has 1 aliphatic rings. The summed E-state index contributed by atoms with van der Waals surface area (Å²) in [6, 6.07) is 8.01. The number of nitrogens with zero attached hydrogens (tertiary/aromatic N) is 1. The zero-order valence-electron chi connectivity index (χ0n) is 12.4. The van der Waals surface area contributed by atoms with Gasteiger partial charge in [-0.2, -0.15) is 0 Å². The third kappa shape index (κ3) is 5.53. The zero-order chi connectivity index (χ0) is 14.4. The number of ether oxygens (including phenoxy) is 1. The number of para-hydroxylation sites is 1. The molecule has 3 N–H and O–H groups in total. The van der Waals surface area contributed by atoms with Gasteiger partial charge in [-0.05, 0) is 18.9 Å². The van der Waals surface area contributed by atoms with Crippen LogP contribution in [0.3, 0.4) is 0 Å². The molecule has 1 aliphatic heterocycles. The van der Waals surface area contributed by atoms with Crippen LogP contribution in [0.25, 0.3) is 0 Å². The van der Waals surface area contributed by atoms with Crippen LogP contribution in [0.2, 0.25) is 0 Å². The molecule has 2 rings (SSSR count). The lowest BCUT2D eigenvalue weighted by Crippen LogP contribution is -2.44. The summed E-state index contributed by atoms with van der Waals surface area (Å²) in [6.07, 6.45) is 1.94. The maximum atomic E-state index is 11.9. The summed E-state index contributed by atoms with van der Waals surface area (Å²) >= 11 is 0. The number of likely N-dealkylation sites (tertiary alicyclic amines) is 1. The highest BCUT2D eigenvalue weighted by Gasteiger charge is 2.18. The number of carbonyl (C=O) groups excluding carboxylic acids is 1. The number of hydrogen-bond donors (Lipinski definition) is 2. The standard InChI is InChI=1S/C15H23N3O2.ClH/c1-20-14-5-3-2-4-12(14)10-17-15(19)11-18-8-6-13(16)7-9-18;/h2-5,13H,6-11,16H2,1H3,(H,17,19);1H. The van der Waals surface area contributed by atoms with Gasteiger partial charge in [0.25, 0.3) is 0 Å². The maximum Gasteiger partial charge on any atom is 0.234 e. The monoisotopic (exact) mass is 313 g/mol. The van der Waals surface area contributed by atoms with E-state index in [0.717, 1.165) is 37.2 Å². The number of carbonyl (C=O) groups is 1. The van der Waals surface area contributed by atoms with Crippen LogP contribution in [0.1, 0.15) is 18.4 Å². The first-order valence-corrected chi connectivity index (χ1v) is 7.05. The number of amides is 1.